The van der Waals surface area contributed by atoms with E-state index in [2.05, 4.69) is 26.3 Å². The Balaban J connectivity index is 2.00. The zero-order chi connectivity index (χ0) is 11.4. The molecule has 2 rings (SSSR count). The van der Waals surface area contributed by atoms with Crippen LogP contribution in [0, 0.1) is 5.92 Å². The number of hydrazine groups is 1. The van der Waals surface area contributed by atoms with Crippen molar-refractivity contribution in [1.29, 1.82) is 0 Å². The van der Waals surface area contributed by atoms with Crippen LogP contribution in [0.5, 0.6) is 0 Å². The molecule has 3 nitrogen and oxygen atoms in total. The molecule has 0 saturated heterocycles. The maximum atomic E-state index is 5.62. The molecule has 1 unspecified atom stereocenters. The van der Waals surface area contributed by atoms with Crippen LogP contribution >= 0.6 is 15.9 Å². The summed E-state index contributed by atoms with van der Waals surface area (Å²) in [6.07, 6.45) is 8.36. The van der Waals surface area contributed by atoms with E-state index in [1.54, 1.807) is 0 Å². The third kappa shape index (κ3) is 3.03. The Morgan fingerprint density at radius 1 is 1.44 bits per heavy atom. The molecular weight excluding hydrogens is 266 g/mol. The van der Waals surface area contributed by atoms with E-state index in [1.807, 2.05) is 18.3 Å². The predicted octanol–water partition coefficient (Wildman–Crippen LogP) is 2.93. The molecule has 16 heavy (non-hydrogen) atoms. The van der Waals surface area contributed by atoms with Gasteiger partial charge in [-0.15, -0.1) is 0 Å². The van der Waals surface area contributed by atoms with Crippen LogP contribution in [0.25, 0.3) is 0 Å². The fraction of sp³-hybridized carbons (Fsp3) is 0.583. The molecule has 0 radical (unpaired) electrons. The summed E-state index contributed by atoms with van der Waals surface area (Å²) in [5.41, 5.74) is 3.93. The predicted molar refractivity (Wildman–Crippen MR) is 68.6 cm³/mol. The van der Waals surface area contributed by atoms with Crippen LogP contribution in [-0.2, 0) is 0 Å². The third-order valence-electron chi connectivity index (χ3n) is 3.35. The third-order valence-corrected chi connectivity index (χ3v) is 3.82. The van der Waals surface area contributed by atoms with Crippen LogP contribution < -0.4 is 11.3 Å². The number of aromatic nitrogens is 1. The van der Waals surface area contributed by atoms with Crippen LogP contribution in [0.1, 0.15) is 43.8 Å². The molecule has 1 aliphatic rings. The van der Waals surface area contributed by atoms with Gasteiger partial charge in [-0.3, -0.25) is 16.3 Å². The average Bonchev–Trinajstić information content (AvgIpc) is 2.80. The second kappa shape index (κ2) is 5.75. The molecule has 1 atom stereocenters. The smallest absolute Gasteiger partial charge is 0.0634 e. The standard InChI is InChI=1S/C12H18BrN3/c13-10-5-6-11(15-8-10)12(16-14)7-9-3-1-2-4-9/h5-6,8-9,12,16H,1-4,7,14H2. The second-order valence-corrected chi connectivity index (χ2v) is 5.42. The van der Waals surface area contributed by atoms with Crippen LogP contribution in [0.4, 0.5) is 0 Å². The molecule has 88 valence electrons. The van der Waals surface area contributed by atoms with Gasteiger partial charge in [0, 0.05) is 10.7 Å². The first-order valence-electron chi connectivity index (χ1n) is 5.87. The molecule has 1 aromatic rings. The van der Waals surface area contributed by atoms with Gasteiger partial charge in [-0.25, -0.2) is 0 Å². The molecule has 0 aromatic carbocycles. The summed E-state index contributed by atoms with van der Waals surface area (Å²) >= 11 is 3.39. The van der Waals surface area contributed by atoms with Gasteiger partial charge in [-0.1, -0.05) is 25.7 Å². The van der Waals surface area contributed by atoms with Crippen LogP contribution in [0.15, 0.2) is 22.8 Å². The Morgan fingerprint density at radius 2 is 2.19 bits per heavy atom. The Morgan fingerprint density at radius 3 is 2.75 bits per heavy atom. The topological polar surface area (TPSA) is 50.9 Å². The minimum atomic E-state index is 0.191. The lowest BCUT2D eigenvalue weighted by molar-refractivity contribution is 0.394. The minimum absolute atomic E-state index is 0.191. The molecule has 4 heteroatoms. The average molecular weight is 284 g/mol. The monoisotopic (exact) mass is 283 g/mol. The lowest BCUT2D eigenvalue weighted by atomic mass is 9.96. The van der Waals surface area contributed by atoms with Crippen molar-refractivity contribution in [1.82, 2.24) is 10.4 Å². The van der Waals surface area contributed by atoms with Gasteiger partial charge >= 0.3 is 0 Å². The summed E-state index contributed by atoms with van der Waals surface area (Å²) < 4.78 is 1.01. The summed E-state index contributed by atoms with van der Waals surface area (Å²) in [6.45, 7) is 0. The molecule has 1 aromatic heterocycles. The highest BCUT2D eigenvalue weighted by Gasteiger charge is 2.21. The molecule has 1 saturated carbocycles. The maximum absolute atomic E-state index is 5.62. The first-order valence-corrected chi connectivity index (χ1v) is 6.66. The first-order chi connectivity index (χ1) is 7.79. The summed E-state index contributed by atoms with van der Waals surface area (Å²) in [6, 6.07) is 4.24. The van der Waals surface area contributed by atoms with Gasteiger partial charge in [0.25, 0.3) is 0 Å². The van der Waals surface area contributed by atoms with E-state index < -0.39 is 0 Å². The van der Waals surface area contributed by atoms with Crippen molar-refractivity contribution in [2.75, 3.05) is 0 Å². The SMILES string of the molecule is NNC(CC1CCCC1)c1ccc(Br)cn1. The molecule has 0 amide bonds. The van der Waals surface area contributed by atoms with Crippen molar-refractivity contribution in [2.24, 2.45) is 11.8 Å². The van der Waals surface area contributed by atoms with Crippen LogP contribution in [-0.4, -0.2) is 4.98 Å². The molecule has 3 N–H and O–H groups in total. The minimum Gasteiger partial charge on any atom is -0.271 e. The molecule has 1 heterocycles. The highest BCUT2D eigenvalue weighted by Crippen LogP contribution is 2.32. The highest BCUT2D eigenvalue weighted by atomic mass is 79.9. The van der Waals surface area contributed by atoms with E-state index in [0.717, 1.165) is 22.5 Å². The van der Waals surface area contributed by atoms with Gasteiger partial charge < -0.3 is 0 Å². The number of nitrogens with one attached hydrogen (secondary N) is 1. The van der Waals surface area contributed by atoms with Crippen molar-refractivity contribution in [3.8, 4) is 0 Å². The fourth-order valence-electron chi connectivity index (χ4n) is 2.45. The van der Waals surface area contributed by atoms with Gasteiger partial charge in [0.05, 0.1) is 11.7 Å². The van der Waals surface area contributed by atoms with E-state index in [-0.39, 0.29) is 6.04 Å². The molecule has 0 spiro atoms. The van der Waals surface area contributed by atoms with E-state index in [0.29, 0.717) is 0 Å². The quantitative estimate of drug-likeness (QED) is 0.660. The molecule has 1 fully saturated rings. The van der Waals surface area contributed by atoms with Crippen molar-refractivity contribution >= 4 is 15.9 Å². The normalized spacial score (nSPS) is 18.9. The molecule has 0 aliphatic heterocycles. The number of pyridine rings is 1. The summed E-state index contributed by atoms with van der Waals surface area (Å²) in [7, 11) is 0. The van der Waals surface area contributed by atoms with Gasteiger partial charge in [-0.2, -0.15) is 0 Å². The van der Waals surface area contributed by atoms with E-state index in [1.165, 1.54) is 25.7 Å². The van der Waals surface area contributed by atoms with Crippen molar-refractivity contribution in [2.45, 2.75) is 38.1 Å². The Labute approximate surface area is 105 Å². The van der Waals surface area contributed by atoms with Gasteiger partial charge in [0.1, 0.15) is 0 Å². The lowest BCUT2D eigenvalue weighted by Crippen LogP contribution is -2.30. The summed E-state index contributed by atoms with van der Waals surface area (Å²) in [5.74, 6) is 6.43. The first kappa shape index (κ1) is 12.0. The maximum Gasteiger partial charge on any atom is 0.0634 e. The lowest BCUT2D eigenvalue weighted by Gasteiger charge is -2.19. The zero-order valence-electron chi connectivity index (χ0n) is 9.32. The van der Waals surface area contributed by atoms with Gasteiger partial charge in [0.2, 0.25) is 0 Å². The number of hydrogen-bond acceptors (Lipinski definition) is 3. The molecule has 0 bridgehead atoms. The highest BCUT2D eigenvalue weighted by molar-refractivity contribution is 9.10. The Bertz CT molecular complexity index is 320. The van der Waals surface area contributed by atoms with Crippen LogP contribution in [0.2, 0.25) is 0 Å². The van der Waals surface area contributed by atoms with Crippen molar-refractivity contribution < 1.29 is 0 Å². The number of hydrogen-bond donors (Lipinski definition) is 2. The van der Waals surface area contributed by atoms with Crippen molar-refractivity contribution in [3.05, 3.63) is 28.5 Å². The second-order valence-electron chi connectivity index (χ2n) is 4.51. The number of nitrogens with zero attached hydrogens (tertiary/aromatic N) is 1. The fourth-order valence-corrected chi connectivity index (χ4v) is 2.68. The van der Waals surface area contributed by atoms with E-state index in [9.17, 15) is 0 Å². The van der Waals surface area contributed by atoms with Gasteiger partial charge in [-0.05, 0) is 40.4 Å². The van der Waals surface area contributed by atoms with Crippen molar-refractivity contribution in [3.63, 3.8) is 0 Å². The number of nitrogens with two attached hydrogens (primary N) is 1. The Hall–Kier alpha value is -0.450. The molecule has 1 aliphatic carbocycles. The number of halogens is 1. The Kier molecular flexibility index (Phi) is 4.32. The zero-order valence-corrected chi connectivity index (χ0v) is 10.9. The number of rotatable bonds is 4. The summed E-state index contributed by atoms with van der Waals surface area (Å²) in [5, 5.41) is 0. The van der Waals surface area contributed by atoms with E-state index >= 15 is 0 Å². The van der Waals surface area contributed by atoms with E-state index in [4.69, 9.17) is 5.84 Å². The summed E-state index contributed by atoms with van der Waals surface area (Å²) in [4.78, 5) is 4.40. The van der Waals surface area contributed by atoms with Gasteiger partial charge in [0.15, 0.2) is 0 Å². The largest absolute Gasteiger partial charge is 0.271 e. The van der Waals surface area contributed by atoms with Crippen LogP contribution in [0.3, 0.4) is 0 Å². The molecular formula is C12H18BrN3.